The summed E-state index contributed by atoms with van der Waals surface area (Å²) in [5.41, 5.74) is 3.01. The SMILES string of the molecule is Cc1ncn2ccc(C(=O)NCC34CCN(CC3)CC4)cc12. The van der Waals surface area contributed by atoms with Crippen LogP contribution in [0.3, 0.4) is 0 Å². The van der Waals surface area contributed by atoms with Crippen LogP contribution in [0.2, 0.25) is 0 Å². The zero-order chi connectivity index (χ0) is 15.2. The summed E-state index contributed by atoms with van der Waals surface area (Å²) < 4.78 is 1.95. The molecule has 3 fully saturated rings. The molecule has 2 aromatic rings. The minimum atomic E-state index is 0.0329. The molecular weight excluding hydrogens is 276 g/mol. The van der Waals surface area contributed by atoms with Crippen LogP contribution in [0.15, 0.2) is 24.7 Å². The number of amides is 1. The van der Waals surface area contributed by atoms with E-state index in [1.54, 1.807) is 6.33 Å². The van der Waals surface area contributed by atoms with Gasteiger partial charge in [-0.05, 0) is 63.4 Å². The Morgan fingerprint density at radius 3 is 2.77 bits per heavy atom. The lowest BCUT2D eigenvalue weighted by atomic mass is 9.72. The van der Waals surface area contributed by atoms with Gasteiger partial charge in [0, 0.05) is 18.3 Å². The van der Waals surface area contributed by atoms with Gasteiger partial charge in [0.05, 0.1) is 17.5 Å². The van der Waals surface area contributed by atoms with Gasteiger partial charge < -0.3 is 14.6 Å². The van der Waals surface area contributed by atoms with E-state index in [1.807, 2.05) is 29.7 Å². The molecule has 22 heavy (non-hydrogen) atoms. The first-order valence-corrected chi connectivity index (χ1v) is 8.09. The predicted molar refractivity (Wildman–Crippen MR) is 85.0 cm³/mol. The maximum atomic E-state index is 12.5. The lowest BCUT2D eigenvalue weighted by Crippen LogP contribution is -2.52. The molecule has 5 heteroatoms. The van der Waals surface area contributed by atoms with E-state index < -0.39 is 0 Å². The van der Waals surface area contributed by atoms with Crippen LogP contribution in [0.1, 0.15) is 35.3 Å². The van der Waals surface area contributed by atoms with Crippen LogP contribution in [0.4, 0.5) is 0 Å². The summed E-state index contributed by atoms with van der Waals surface area (Å²) in [4.78, 5) is 19.3. The van der Waals surface area contributed by atoms with E-state index in [1.165, 1.54) is 38.9 Å². The van der Waals surface area contributed by atoms with Crippen molar-refractivity contribution in [2.24, 2.45) is 5.41 Å². The lowest BCUT2D eigenvalue weighted by molar-refractivity contribution is 0.0262. The fourth-order valence-corrected chi connectivity index (χ4v) is 3.79. The highest BCUT2D eigenvalue weighted by molar-refractivity contribution is 5.95. The molecule has 0 radical (unpaired) electrons. The number of piperidine rings is 3. The van der Waals surface area contributed by atoms with Crippen molar-refractivity contribution in [3.05, 3.63) is 35.9 Å². The second-order valence-electron chi connectivity index (χ2n) is 6.81. The fraction of sp³-hybridized carbons (Fsp3) is 0.529. The van der Waals surface area contributed by atoms with Gasteiger partial charge in [0.25, 0.3) is 5.91 Å². The first kappa shape index (κ1) is 13.8. The second-order valence-corrected chi connectivity index (χ2v) is 6.81. The number of pyridine rings is 1. The third kappa shape index (κ3) is 2.29. The fourth-order valence-electron chi connectivity index (χ4n) is 3.79. The molecular formula is C17H22N4O. The molecule has 1 amide bonds. The third-order valence-electron chi connectivity index (χ3n) is 5.49. The topological polar surface area (TPSA) is 49.6 Å². The molecule has 5 nitrogen and oxygen atoms in total. The van der Waals surface area contributed by atoms with Gasteiger partial charge in [-0.25, -0.2) is 4.98 Å². The third-order valence-corrected chi connectivity index (χ3v) is 5.49. The van der Waals surface area contributed by atoms with Gasteiger partial charge in [0.15, 0.2) is 0 Å². The first-order chi connectivity index (χ1) is 10.7. The number of carbonyl (C=O) groups is 1. The predicted octanol–water partition coefficient (Wildman–Crippen LogP) is 1.86. The van der Waals surface area contributed by atoms with Gasteiger partial charge in [0.2, 0.25) is 0 Å². The summed E-state index contributed by atoms with van der Waals surface area (Å²) in [6, 6.07) is 3.80. The Morgan fingerprint density at radius 2 is 2.05 bits per heavy atom. The van der Waals surface area contributed by atoms with E-state index in [0.717, 1.165) is 23.3 Å². The molecule has 3 aliphatic rings. The summed E-state index contributed by atoms with van der Waals surface area (Å²) in [5.74, 6) is 0.0329. The number of carbonyl (C=O) groups excluding carboxylic acids is 1. The van der Waals surface area contributed by atoms with Crippen LogP contribution in [0.5, 0.6) is 0 Å². The van der Waals surface area contributed by atoms with Crippen molar-refractivity contribution in [3.63, 3.8) is 0 Å². The van der Waals surface area contributed by atoms with E-state index in [2.05, 4.69) is 15.2 Å². The monoisotopic (exact) mass is 298 g/mol. The van der Waals surface area contributed by atoms with Gasteiger partial charge in [0.1, 0.15) is 0 Å². The molecule has 0 unspecified atom stereocenters. The molecule has 5 rings (SSSR count). The van der Waals surface area contributed by atoms with Crippen LogP contribution >= 0.6 is 0 Å². The molecule has 0 aromatic carbocycles. The van der Waals surface area contributed by atoms with Crippen molar-refractivity contribution in [2.75, 3.05) is 26.2 Å². The summed E-state index contributed by atoms with van der Waals surface area (Å²) in [5, 5.41) is 3.17. The van der Waals surface area contributed by atoms with Crippen LogP contribution in [0.25, 0.3) is 5.52 Å². The quantitative estimate of drug-likeness (QED) is 0.941. The number of hydrogen-bond donors (Lipinski definition) is 1. The Kier molecular flexibility index (Phi) is 3.18. The highest BCUT2D eigenvalue weighted by Crippen LogP contribution is 2.39. The van der Waals surface area contributed by atoms with Crippen LogP contribution < -0.4 is 5.32 Å². The second kappa shape index (κ2) is 5.09. The van der Waals surface area contributed by atoms with Crippen LogP contribution in [-0.4, -0.2) is 46.4 Å². The van der Waals surface area contributed by atoms with Crippen molar-refractivity contribution in [2.45, 2.75) is 26.2 Å². The minimum Gasteiger partial charge on any atom is -0.351 e. The number of fused-ring (bicyclic) bond motifs is 4. The average Bonchev–Trinajstić information content (AvgIpc) is 2.95. The van der Waals surface area contributed by atoms with E-state index in [4.69, 9.17) is 0 Å². The van der Waals surface area contributed by atoms with Crippen molar-refractivity contribution in [3.8, 4) is 0 Å². The van der Waals surface area contributed by atoms with E-state index in [9.17, 15) is 4.79 Å². The molecule has 0 aliphatic carbocycles. The molecule has 3 saturated heterocycles. The molecule has 1 N–H and O–H groups in total. The molecule has 0 spiro atoms. The largest absolute Gasteiger partial charge is 0.351 e. The van der Waals surface area contributed by atoms with Crippen molar-refractivity contribution in [1.82, 2.24) is 19.6 Å². The number of aryl methyl sites for hydroxylation is 1. The average molecular weight is 298 g/mol. The normalized spacial score (nSPS) is 27.2. The minimum absolute atomic E-state index is 0.0329. The highest BCUT2D eigenvalue weighted by Gasteiger charge is 2.39. The van der Waals surface area contributed by atoms with Gasteiger partial charge in [-0.15, -0.1) is 0 Å². The Morgan fingerprint density at radius 1 is 1.32 bits per heavy atom. The zero-order valence-corrected chi connectivity index (χ0v) is 13.0. The van der Waals surface area contributed by atoms with E-state index in [-0.39, 0.29) is 5.91 Å². The number of rotatable bonds is 3. The zero-order valence-electron chi connectivity index (χ0n) is 13.0. The summed E-state index contributed by atoms with van der Waals surface area (Å²) in [6.07, 6.45) is 7.33. The highest BCUT2D eigenvalue weighted by atomic mass is 16.1. The van der Waals surface area contributed by atoms with Crippen molar-refractivity contribution >= 4 is 11.4 Å². The molecule has 0 saturated carbocycles. The molecule has 5 heterocycles. The Hall–Kier alpha value is -1.88. The maximum Gasteiger partial charge on any atom is 0.251 e. The smallest absolute Gasteiger partial charge is 0.251 e. The number of hydrogen-bond acceptors (Lipinski definition) is 3. The Bertz CT molecular complexity index is 699. The number of nitrogens with zero attached hydrogens (tertiary/aromatic N) is 3. The van der Waals surface area contributed by atoms with Crippen molar-refractivity contribution < 1.29 is 4.79 Å². The van der Waals surface area contributed by atoms with Gasteiger partial charge in [-0.1, -0.05) is 0 Å². The molecule has 2 bridgehead atoms. The number of imidazole rings is 1. The summed E-state index contributed by atoms with van der Waals surface area (Å²) in [7, 11) is 0. The molecule has 2 aromatic heterocycles. The molecule has 0 atom stereocenters. The summed E-state index contributed by atoms with van der Waals surface area (Å²) >= 11 is 0. The molecule has 3 aliphatic heterocycles. The molecule has 116 valence electrons. The van der Waals surface area contributed by atoms with Gasteiger partial charge >= 0.3 is 0 Å². The lowest BCUT2D eigenvalue weighted by Gasteiger charge is -2.48. The Balaban J connectivity index is 1.47. The van der Waals surface area contributed by atoms with Gasteiger partial charge in [-0.2, -0.15) is 0 Å². The standard InChI is InChI=1S/C17H22N4O/c1-13-15-10-14(2-6-21(15)12-19-13)16(22)18-11-17-3-7-20(8-4-17)9-5-17/h2,6,10,12H,3-5,7-9,11H2,1H3,(H,18,22). The van der Waals surface area contributed by atoms with E-state index >= 15 is 0 Å². The number of aromatic nitrogens is 2. The number of nitrogens with one attached hydrogen (secondary N) is 1. The summed E-state index contributed by atoms with van der Waals surface area (Å²) in [6.45, 7) is 6.35. The van der Waals surface area contributed by atoms with Gasteiger partial charge in [-0.3, -0.25) is 4.79 Å². The Labute approximate surface area is 130 Å². The van der Waals surface area contributed by atoms with Crippen LogP contribution in [-0.2, 0) is 0 Å². The maximum absolute atomic E-state index is 12.5. The van der Waals surface area contributed by atoms with E-state index in [0.29, 0.717) is 5.41 Å². The van der Waals surface area contributed by atoms with Crippen LogP contribution in [0, 0.1) is 12.3 Å². The first-order valence-electron chi connectivity index (χ1n) is 8.09. The van der Waals surface area contributed by atoms with Crippen molar-refractivity contribution in [1.29, 1.82) is 0 Å².